The van der Waals surface area contributed by atoms with Crippen LogP contribution in [0.2, 0.25) is 0 Å². The van der Waals surface area contributed by atoms with Crippen LogP contribution in [-0.4, -0.2) is 50.8 Å². The van der Waals surface area contributed by atoms with Crippen molar-refractivity contribution >= 4 is 0 Å². The van der Waals surface area contributed by atoms with Gasteiger partial charge in [0.15, 0.2) is 5.60 Å². The van der Waals surface area contributed by atoms with Gasteiger partial charge in [-0.1, -0.05) is 0 Å². The number of rotatable bonds is 1. The fraction of sp³-hybridized carbons (Fsp3) is 1.00. The molecule has 0 amide bonds. The molecule has 0 aromatic heterocycles. The van der Waals surface area contributed by atoms with E-state index in [2.05, 4.69) is 0 Å². The van der Waals surface area contributed by atoms with E-state index in [1.54, 1.807) is 0 Å². The van der Waals surface area contributed by atoms with Crippen LogP contribution >= 0.6 is 0 Å². The molecule has 0 unspecified atom stereocenters. The highest BCUT2D eigenvalue weighted by Gasteiger charge is 2.61. The van der Waals surface area contributed by atoms with E-state index in [1.807, 2.05) is 0 Å². The smallest absolute Gasteiger partial charge is 0.281 e. The second-order valence-corrected chi connectivity index (χ2v) is 3.34. The molecule has 0 aliphatic heterocycles. The Bertz CT molecular complexity index is 199. The Labute approximate surface area is 73.4 Å². The molecular formula is C7H12F2O4. The molecule has 0 heterocycles. The lowest BCUT2D eigenvalue weighted by atomic mass is 9.78. The molecule has 4 N–H and O–H groups in total. The van der Waals surface area contributed by atoms with E-state index in [0.29, 0.717) is 0 Å². The summed E-state index contributed by atoms with van der Waals surface area (Å²) in [6.45, 7) is -1.28. The maximum Gasteiger partial charge on any atom is 0.281 e. The van der Waals surface area contributed by atoms with Gasteiger partial charge in [0.05, 0.1) is 12.7 Å². The van der Waals surface area contributed by atoms with Crippen molar-refractivity contribution in [1.82, 2.24) is 0 Å². The van der Waals surface area contributed by atoms with Crippen molar-refractivity contribution in [1.29, 1.82) is 0 Å². The highest BCUT2D eigenvalue weighted by molar-refractivity contribution is 5.05. The minimum absolute atomic E-state index is 0.295. The summed E-state index contributed by atoms with van der Waals surface area (Å²) in [5.74, 6) is -3.57. The largest absolute Gasteiger partial charge is 0.393 e. The van der Waals surface area contributed by atoms with Crippen molar-refractivity contribution in [3.05, 3.63) is 0 Å². The molecule has 1 aliphatic rings. The second kappa shape index (κ2) is 3.13. The zero-order valence-electron chi connectivity index (χ0n) is 6.82. The Morgan fingerprint density at radius 3 is 2.23 bits per heavy atom. The van der Waals surface area contributed by atoms with Crippen molar-refractivity contribution in [2.45, 2.75) is 36.6 Å². The van der Waals surface area contributed by atoms with Crippen LogP contribution < -0.4 is 0 Å². The van der Waals surface area contributed by atoms with Crippen molar-refractivity contribution in [2.75, 3.05) is 6.61 Å². The molecule has 3 atom stereocenters. The minimum Gasteiger partial charge on any atom is -0.393 e. The van der Waals surface area contributed by atoms with Gasteiger partial charge in [-0.05, 0) is 6.42 Å². The third kappa shape index (κ3) is 1.43. The van der Waals surface area contributed by atoms with Gasteiger partial charge in [0.25, 0.3) is 5.92 Å². The molecule has 1 aliphatic carbocycles. The molecule has 0 aromatic rings. The predicted molar refractivity (Wildman–Crippen MR) is 38.2 cm³/mol. The van der Waals surface area contributed by atoms with Crippen LogP contribution in [0, 0.1) is 0 Å². The van der Waals surface area contributed by atoms with Gasteiger partial charge >= 0.3 is 0 Å². The SMILES string of the molecule is OC[C@]1(O)[C@@H](O)[C@H](O)CCC1(F)F. The Hall–Kier alpha value is -0.300. The zero-order valence-corrected chi connectivity index (χ0v) is 6.82. The standard InChI is InChI=1S/C7H12F2O4/c8-7(9)2-1-4(11)5(12)6(7,13)3-10/h4-5,10-13H,1-3H2/t4-,5+,6+/m1/s1. The molecule has 1 rings (SSSR count). The fourth-order valence-electron chi connectivity index (χ4n) is 1.45. The predicted octanol–water partition coefficient (Wildman–Crippen LogP) is -1.14. The zero-order chi connectivity index (χ0) is 10.3. The first-order chi connectivity index (χ1) is 5.85. The van der Waals surface area contributed by atoms with Crippen molar-refractivity contribution in [3.63, 3.8) is 0 Å². The summed E-state index contributed by atoms with van der Waals surface area (Å²) in [5.41, 5.74) is -2.93. The number of aliphatic hydroxyl groups is 4. The topological polar surface area (TPSA) is 80.9 Å². The molecule has 0 saturated heterocycles. The molecule has 78 valence electrons. The Balaban J connectivity index is 2.95. The van der Waals surface area contributed by atoms with Gasteiger partial charge in [-0.2, -0.15) is 0 Å². The third-order valence-electron chi connectivity index (χ3n) is 2.48. The molecule has 0 spiro atoms. The number of hydrogen-bond donors (Lipinski definition) is 4. The van der Waals surface area contributed by atoms with Crippen LogP contribution in [0.15, 0.2) is 0 Å². The Kier molecular flexibility index (Phi) is 2.59. The number of aliphatic hydroxyl groups excluding tert-OH is 3. The average Bonchev–Trinajstić information content (AvgIpc) is 2.09. The summed E-state index contributed by atoms with van der Waals surface area (Å²) in [6, 6.07) is 0. The minimum atomic E-state index is -3.57. The highest BCUT2D eigenvalue weighted by Crippen LogP contribution is 2.41. The summed E-state index contributed by atoms with van der Waals surface area (Å²) >= 11 is 0. The van der Waals surface area contributed by atoms with E-state index < -0.39 is 36.8 Å². The number of halogens is 2. The van der Waals surface area contributed by atoms with Gasteiger partial charge in [0.2, 0.25) is 0 Å². The Morgan fingerprint density at radius 2 is 1.85 bits per heavy atom. The monoisotopic (exact) mass is 198 g/mol. The van der Waals surface area contributed by atoms with Crippen LogP contribution in [0.4, 0.5) is 8.78 Å². The van der Waals surface area contributed by atoms with Gasteiger partial charge in [-0.15, -0.1) is 0 Å². The lowest BCUT2D eigenvalue weighted by Crippen LogP contribution is -2.65. The molecule has 1 fully saturated rings. The van der Waals surface area contributed by atoms with Gasteiger partial charge < -0.3 is 20.4 Å². The van der Waals surface area contributed by atoms with E-state index >= 15 is 0 Å². The number of hydrogen-bond acceptors (Lipinski definition) is 4. The summed E-state index contributed by atoms with van der Waals surface area (Å²) < 4.78 is 26.0. The highest BCUT2D eigenvalue weighted by atomic mass is 19.3. The number of alkyl halides is 2. The van der Waals surface area contributed by atoms with Gasteiger partial charge in [0.1, 0.15) is 6.10 Å². The maximum absolute atomic E-state index is 13.0. The van der Waals surface area contributed by atoms with Gasteiger partial charge in [0, 0.05) is 6.42 Å². The van der Waals surface area contributed by atoms with Crippen molar-refractivity contribution in [2.24, 2.45) is 0 Å². The summed E-state index contributed by atoms with van der Waals surface area (Å²) in [6.07, 6.45) is -4.48. The second-order valence-electron chi connectivity index (χ2n) is 3.34. The van der Waals surface area contributed by atoms with Gasteiger partial charge in [-0.25, -0.2) is 8.78 Å². The van der Waals surface area contributed by atoms with Crippen molar-refractivity contribution in [3.8, 4) is 0 Å². The first-order valence-electron chi connectivity index (χ1n) is 3.92. The normalized spacial score (nSPS) is 44.8. The van der Waals surface area contributed by atoms with Gasteiger partial charge in [-0.3, -0.25) is 0 Å². The first-order valence-corrected chi connectivity index (χ1v) is 3.92. The van der Waals surface area contributed by atoms with Crippen LogP contribution in [0.25, 0.3) is 0 Å². The summed E-state index contributed by atoms with van der Waals surface area (Å²) in [4.78, 5) is 0. The summed E-state index contributed by atoms with van der Waals surface area (Å²) in [5, 5.41) is 35.9. The van der Waals surface area contributed by atoms with Crippen LogP contribution in [0.1, 0.15) is 12.8 Å². The van der Waals surface area contributed by atoms with Crippen molar-refractivity contribution < 1.29 is 29.2 Å². The van der Waals surface area contributed by atoms with E-state index in [-0.39, 0.29) is 6.42 Å². The molecule has 0 radical (unpaired) electrons. The third-order valence-corrected chi connectivity index (χ3v) is 2.48. The first kappa shape index (κ1) is 10.8. The maximum atomic E-state index is 13.0. The van der Waals surface area contributed by atoms with E-state index in [9.17, 15) is 13.9 Å². The lowest BCUT2D eigenvalue weighted by Gasteiger charge is -2.43. The molecule has 4 nitrogen and oxygen atoms in total. The average molecular weight is 198 g/mol. The molecule has 6 heteroatoms. The molecule has 1 saturated carbocycles. The quantitative estimate of drug-likeness (QED) is 0.429. The Morgan fingerprint density at radius 1 is 1.31 bits per heavy atom. The summed E-state index contributed by atoms with van der Waals surface area (Å²) in [7, 11) is 0. The molecule has 0 aromatic carbocycles. The van der Waals surface area contributed by atoms with Crippen LogP contribution in [0.5, 0.6) is 0 Å². The van der Waals surface area contributed by atoms with E-state index in [4.69, 9.17) is 15.3 Å². The van der Waals surface area contributed by atoms with E-state index in [1.165, 1.54) is 0 Å². The molecule has 13 heavy (non-hydrogen) atoms. The fourth-order valence-corrected chi connectivity index (χ4v) is 1.45. The van der Waals surface area contributed by atoms with Crippen LogP contribution in [0.3, 0.4) is 0 Å². The van der Waals surface area contributed by atoms with Crippen LogP contribution in [-0.2, 0) is 0 Å². The molecule has 0 bridgehead atoms. The molecular weight excluding hydrogens is 186 g/mol. The lowest BCUT2D eigenvalue weighted by molar-refractivity contribution is -0.280. The van der Waals surface area contributed by atoms with E-state index in [0.717, 1.165) is 0 Å².